The van der Waals surface area contributed by atoms with Gasteiger partial charge in [0.15, 0.2) is 0 Å². The van der Waals surface area contributed by atoms with Crippen molar-refractivity contribution < 1.29 is 14.9 Å². The molecule has 0 atom stereocenters. The third-order valence-electron chi connectivity index (χ3n) is 2.21. The molecule has 1 aromatic rings. The average Bonchev–Trinajstić information content (AvgIpc) is 2.28. The van der Waals surface area contributed by atoms with Crippen LogP contribution in [0.3, 0.4) is 0 Å². The summed E-state index contributed by atoms with van der Waals surface area (Å²) in [6.07, 6.45) is 0. The maximum absolute atomic E-state index is 9.57. The molecule has 1 rings (SSSR count). The monoisotopic (exact) mass is 225 g/mol. The number of aryl methyl sites for hydroxylation is 1. The number of aromatic hydroxyl groups is 1. The van der Waals surface area contributed by atoms with Gasteiger partial charge in [-0.1, -0.05) is 17.7 Å². The fourth-order valence-electron chi connectivity index (χ4n) is 1.39. The van der Waals surface area contributed by atoms with Crippen molar-refractivity contribution in [3.63, 3.8) is 0 Å². The first-order valence-corrected chi connectivity index (χ1v) is 5.42. The van der Waals surface area contributed by atoms with Gasteiger partial charge in [-0.15, -0.1) is 0 Å². The van der Waals surface area contributed by atoms with Crippen LogP contribution in [0.15, 0.2) is 18.2 Å². The van der Waals surface area contributed by atoms with Gasteiger partial charge in [-0.3, -0.25) is 0 Å². The van der Waals surface area contributed by atoms with Gasteiger partial charge in [0.25, 0.3) is 0 Å². The van der Waals surface area contributed by atoms with Crippen LogP contribution in [-0.2, 0) is 11.3 Å². The molecule has 1 aromatic carbocycles. The van der Waals surface area contributed by atoms with Gasteiger partial charge < -0.3 is 20.3 Å². The molecule has 0 saturated carbocycles. The summed E-state index contributed by atoms with van der Waals surface area (Å²) < 4.78 is 5.10. The molecule has 3 N–H and O–H groups in total. The maximum Gasteiger partial charge on any atom is 0.120 e. The molecule has 0 bridgehead atoms. The number of benzene rings is 1. The topological polar surface area (TPSA) is 61.7 Å². The largest absolute Gasteiger partial charge is 0.508 e. The highest BCUT2D eigenvalue weighted by Crippen LogP contribution is 2.17. The molecule has 16 heavy (non-hydrogen) atoms. The van der Waals surface area contributed by atoms with E-state index in [1.165, 1.54) is 0 Å². The van der Waals surface area contributed by atoms with Crippen LogP contribution in [0, 0.1) is 6.92 Å². The fourth-order valence-corrected chi connectivity index (χ4v) is 1.39. The molecule has 4 nitrogen and oxygen atoms in total. The lowest BCUT2D eigenvalue weighted by molar-refractivity contribution is 0.0938. The second-order valence-corrected chi connectivity index (χ2v) is 3.64. The maximum atomic E-state index is 9.57. The lowest BCUT2D eigenvalue weighted by atomic mass is 10.1. The molecule has 0 spiro atoms. The highest BCUT2D eigenvalue weighted by Gasteiger charge is 2.00. The number of hydrogen-bond donors (Lipinski definition) is 3. The lowest BCUT2D eigenvalue weighted by Gasteiger charge is -2.08. The first kappa shape index (κ1) is 13.0. The van der Waals surface area contributed by atoms with E-state index in [1.807, 2.05) is 19.1 Å². The van der Waals surface area contributed by atoms with E-state index in [0.29, 0.717) is 32.1 Å². The predicted octanol–water partition coefficient (Wildman–Crippen LogP) is 0.799. The molecule has 90 valence electrons. The van der Waals surface area contributed by atoms with E-state index in [0.717, 1.165) is 11.1 Å². The smallest absolute Gasteiger partial charge is 0.120 e. The van der Waals surface area contributed by atoms with E-state index in [1.54, 1.807) is 6.07 Å². The van der Waals surface area contributed by atoms with Crippen LogP contribution in [-0.4, -0.2) is 36.6 Å². The molecule has 0 unspecified atom stereocenters. The van der Waals surface area contributed by atoms with Gasteiger partial charge in [-0.05, 0) is 13.0 Å². The van der Waals surface area contributed by atoms with E-state index >= 15 is 0 Å². The Morgan fingerprint density at radius 3 is 2.88 bits per heavy atom. The standard InChI is InChI=1S/C12H19NO3/c1-10-2-3-12(15)11(8-10)9-13-4-6-16-7-5-14/h2-3,8,13-15H,4-7,9H2,1H3. The van der Waals surface area contributed by atoms with E-state index in [-0.39, 0.29) is 6.61 Å². The number of rotatable bonds is 7. The van der Waals surface area contributed by atoms with Crippen molar-refractivity contribution in [1.29, 1.82) is 0 Å². The Hall–Kier alpha value is -1.10. The van der Waals surface area contributed by atoms with Crippen LogP contribution in [0.5, 0.6) is 5.75 Å². The van der Waals surface area contributed by atoms with E-state index in [9.17, 15) is 5.11 Å². The van der Waals surface area contributed by atoms with Crippen molar-refractivity contribution in [2.45, 2.75) is 13.5 Å². The van der Waals surface area contributed by atoms with E-state index in [2.05, 4.69) is 5.32 Å². The number of aliphatic hydroxyl groups is 1. The van der Waals surface area contributed by atoms with Crippen molar-refractivity contribution in [3.8, 4) is 5.75 Å². The minimum Gasteiger partial charge on any atom is -0.508 e. The number of phenolic OH excluding ortho intramolecular Hbond substituents is 1. The summed E-state index contributed by atoms with van der Waals surface area (Å²) in [7, 11) is 0. The molecule has 0 aromatic heterocycles. The van der Waals surface area contributed by atoms with Crippen molar-refractivity contribution in [1.82, 2.24) is 5.32 Å². The van der Waals surface area contributed by atoms with E-state index < -0.39 is 0 Å². The van der Waals surface area contributed by atoms with Crippen molar-refractivity contribution >= 4 is 0 Å². The lowest BCUT2D eigenvalue weighted by Crippen LogP contribution is -2.20. The Morgan fingerprint density at radius 2 is 2.12 bits per heavy atom. The zero-order chi connectivity index (χ0) is 11.8. The normalized spacial score (nSPS) is 10.6. The van der Waals surface area contributed by atoms with Crippen molar-refractivity contribution in [2.24, 2.45) is 0 Å². The van der Waals surface area contributed by atoms with Gasteiger partial charge in [-0.2, -0.15) is 0 Å². The molecule has 0 aliphatic rings. The van der Waals surface area contributed by atoms with Crippen LogP contribution in [0.2, 0.25) is 0 Å². The Morgan fingerprint density at radius 1 is 1.31 bits per heavy atom. The summed E-state index contributed by atoms with van der Waals surface area (Å²) in [4.78, 5) is 0. The van der Waals surface area contributed by atoms with Crippen molar-refractivity contribution in [3.05, 3.63) is 29.3 Å². The molecular formula is C12H19NO3. The third-order valence-corrected chi connectivity index (χ3v) is 2.21. The summed E-state index contributed by atoms with van der Waals surface area (Å²) >= 11 is 0. The Kier molecular flexibility index (Phi) is 5.85. The molecule has 4 heteroatoms. The van der Waals surface area contributed by atoms with Crippen molar-refractivity contribution in [2.75, 3.05) is 26.4 Å². The second kappa shape index (κ2) is 7.22. The highest BCUT2D eigenvalue weighted by molar-refractivity contribution is 5.35. The fraction of sp³-hybridized carbons (Fsp3) is 0.500. The summed E-state index contributed by atoms with van der Waals surface area (Å²) in [5, 5.41) is 21.2. The molecule has 0 amide bonds. The Bertz CT molecular complexity index is 315. The molecule has 0 radical (unpaired) electrons. The Balaban J connectivity index is 2.23. The first-order valence-electron chi connectivity index (χ1n) is 5.42. The second-order valence-electron chi connectivity index (χ2n) is 3.64. The van der Waals surface area contributed by atoms with Gasteiger partial charge in [-0.25, -0.2) is 0 Å². The van der Waals surface area contributed by atoms with Crippen LogP contribution in [0.4, 0.5) is 0 Å². The highest BCUT2D eigenvalue weighted by atomic mass is 16.5. The number of nitrogens with one attached hydrogen (secondary N) is 1. The van der Waals surface area contributed by atoms with E-state index in [4.69, 9.17) is 9.84 Å². The zero-order valence-corrected chi connectivity index (χ0v) is 9.57. The average molecular weight is 225 g/mol. The van der Waals surface area contributed by atoms with Crippen LogP contribution >= 0.6 is 0 Å². The SMILES string of the molecule is Cc1ccc(O)c(CNCCOCCO)c1. The molecule has 0 fully saturated rings. The number of hydrogen-bond acceptors (Lipinski definition) is 4. The van der Waals surface area contributed by atoms with Crippen LogP contribution in [0.1, 0.15) is 11.1 Å². The van der Waals surface area contributed by atoms with Gasteiger partial charge in [0.05, 0.1) is 19.8 Å². The molecule has 0 heterocycles. The van der Waals surface area contributed by atoms with Crippen LogP contribution in [0.25, 0.3) is 0 Å². The molecule has 0 aliphatic carbocycles. The third kappa shape index (κ3) is 4.61. The quantitative estimate of drug-likeness (QED) is 0.601. The summed E-state index contributed by atoms with van der Waals surface area (Å²) in [5.74, 6) is 0.314. The summed E-state index contributed by atoms with van der Waals surface area (Å²) in [6.45, 7) is 4.31. The number of phenols is 1. The molecule has 0 saturated heterocycles. The van der Waals surface area contributed by atoms with Gasteiger partial charge in [0.2, 0.25) is 0 Å². The summed E-state index contributed by atoms with van der Waals surface area (Å²) in [5.41, 5.74) is 2.02. The number of ether oxygens (including phenoxy) is 1. The predicted molar refractivity (Wildman–Crippen MR) is 62.5 cm³/mol. The summed E-state index contributed by atoms with van der Waals surface area (Å²) in [6, 6.07) is 5.54. The minimum atomic E-state index is 0.0542. The molecular weight excluding hydrogens is 206 g/mol. The van der Waals surface area contributed by atoms with Gasteiger partial charge in [0, 0.05) is 18.7 Å². The first-order chi connectivity index (χ1) is 7.74. The van der Waals surface area contributed by atoms with Gasteiger partial charge >= 0.3 is 0 Å². The van der Waals surface area contributed by atoms with Gasteiger partial charge in [0.1, 0.15) is 5.75 Å². The number of aliphatic hydroxyl groups excluding tert-OH is 1. The van der Waals surface area contributed by atoms with Crippen LogP contribution < -0.4 is 5.32 Å². The minimum absolute atomic E-state index is 0.0542. The zero-order valence-electron chi connectivity index (χ0n) is 9.57. The molecule has 0 aliphatic heterocycles. The Labute approximate surface area is 95.9 Å².